The molecule has 0 spiro atoms. The Morgan fingerprint density at radius 2 is 2.16 bits per heavy atom. The summed E-state index contributed by atoms with van der Waals surface area (Å²) in [4.78, 5) is 27.2. The van der Waals surface area contributed by atoms with Gasteiger partial charge in [0.05, 0.1) is 5.41 Å². The van der Waals surface area contributed by atoms with Gasteiger partial charge in [0.2, 0.25) is 0 Å². The number of aliphatic carboxylic acids is 1. The fraction of sp³-hybridized carbons (Fsp3) is 0.385. The summed E-state index contributed by atoms with van der Waals surface area (Å²) < 4.78 is 0. The molecule has 2 N–H and O–H groups in total. The smallest absolute Gasteiger partial charge is 0.332 e. The molecule has 5 nitrogen and oxygen atoms in total. The lowest BCUT2D eigenvalue weighted by atomic mass is 9.64. The molecule has 0 bridgehead atoms. The highest BCUT2D eigenvalue weighted by atomic mass is 35.5. The van der Waals surface area contributed by atoms with E-state index >= 15 is 0 Å². The van der Waals surface area contributed by atoms with Crippen LogP contribution in [0.2, 0.25) is 5.02 Å². The van der Waals surface area contributed by atoms with Crippen molar-refractivity contribution in [2.75, 3.05) is 6.61 Å². The first-order valence-electron chi connectivity index (χ1n) is 5.95. The molecule has 0 atom stereocenters. The van der Waals surface area contributed by atoms with Gasteiger partial charge in [0, 0.05) is 5.02 Å². The summed E-state index contributed by atoms with van der Waals surface area (Å²) in [6.45, 7) is -0.558. The van der Waals surface area contributed by atoms with E-state index in [9.17, 15) is 9.59 Å². The molecule has 1 aliphatic carbocycles. The van der Waals surface area contributed by atoms with Crippen LogP contribution in [0.4, 0.5) is 0 Å². The van der Waals surface area contributed by atoms with Crippen molar-refractivity contribution in [3.05, 3.63) is 34.9 Å². The van der Waals surface area contributed by atoms with Gasteiger partial charge in [-0.25, -0.2) is 10.3 Å². The van der Waals surface area contributed by atoms with Gasteiger partial charge in [0.1, 0.15) is 0 Å². The summed E-state index contributed by atoms with van der Waals surface area (Å²) in [6, 6.07) is 7.15. The Kier molecular flexibility index (Phi) is 4.07. The van der Waals surface area contributed by atoms with Crippen molar-refractivity contribution >= 4 is 23.5 Å². The Balaban J connectivity index is 2.10. The number of carbonyl (C=O) groups is 2. The number of halogens is 1. The monoisotopic (exact) mass is 283 g/mol. The summed E-state index contributed by atoms with van der Waals surface area (Å²) in [6.07, 6.45) is 2.35. The van der Waals surface area contributed by atoms with E-state index in [1.807, 2.05) is 6.07 Å². The highest BCUT2D eigenvalue weighted by Gasteiger charge is 2.46. The van der Waals surface area contributed by atoms with Crippen molar-refractivity contribution in [3.8, 4) is 0 Å². The van der Waals surface area contributed by atoms with E-state index in [4.69, 9.17) is 16.7 Å². The van der Waals surface area contributed by atoms with Crippen LogP contribution in [0.25, 0.3) is 0 Å². The van der Waals surface area contributed by atoms with Crippen LogP contribution < -0.4 is 5.48 Å². The summed E-state index contributed by atoms with van der Waals surface area (Å²) in [5.41, 5.74) is 2.40. The first-order chi connectivity index (χ1) is 9.04. The van der Waals surface area contributed by atoms with E-state index in [1.165, 1.54) is 0 Å². The third-order valence-corrected chi connectivity index (χ3v) is 3.61. The zero-order valence-corrected chi connectivity index (χ0v) is 10.9. The van der Waals surface area contributed by atoms with E-state index in [0.29, 0.717) is 17.9 Å². The SMILES string of the molecule is O=C(O)CONC(=O)C1(c2cccc(Cl)c2)CCC1. The minimum absolute atomic E-state index is 0.317. The topological polar surface area (TPSA) is 75.6 Å². The van der Waals surface area contributed by atoms with Crippen LogP contribution in [0, 0.1) is 0 Å². The van der Waals surface area contributed by atoms with Gasteiger partial charge in [-0.3, -0.25) is 9.63 Å². The molecule has 2 rings (SSSR count). The third kappa shape index (κ3) is 2.88. The molecule has 6 heteroatoms. The second-order valence-electron chi connectivity index (χ2n) is 4.56. The fourth-order valence-electron chi connectivity index (χ4n) is 2.22. The summed E-state index contributed by atoms with van der Waals surface area (Å²) in [7, 11) is 0. The van der Waals surface area contributed by atoms with Crippen LogP contribution in [0.5, 0.6) is 0 Å². The largest absolute Gasteiger partial charge is 0.479 e. The van der Waals surface area contributed by atoms with Gasteiger partial charge in [-0.15, -0.1) is 0 Å². The van der Waals surface area contributed by atoms with Crippen LogP contribution >= 0.6 is 11.6 Å². The zero-order chi connectivity index (χ0) is 13.9. The predicted octanol–water partition coefficient (Wildman–Crippen LogP) is 1.89. The van der Waals surface area contributed by atoms with Crippen LogP contribution in [0.1, 0.15) is 24.8 Å². The average Bonchev–Trinajstić information content (AvgIpc) is 2.27. The van der Waals surface area contributed by atoms with E-state index in [-0.39, 0.29) is 5.91 Å². The number of nitrogens with one attached hydrogen (secondary N) is 1. The maximum Gasteiger partial charge on any atom is 0.332 e. The number of amides is 1. The van der Waals surface area contributed by atoms with Crippen molar-refractivity contribution < 1.29 is 19.5 Å². The van der Waals surface area contributed by atoms with Crippen molar-refractivity contribution in [1.82, 2.24) is 5.48 Å². The van der Waals surface area contributed by atoms with Gasteiger partial charge < -0.3 is 5.11 Å². The molecule has 0 aromatic heterocycles. The number of hydrogen-bond donors (Lipinski definition) is 2. The molecule has 0 saturated heterocycles. The molecule has 1 saturated carbocycles. The van der Waals surface area contributed by atoms with Gasteiger partial charge in [-0.05, 0) is 30.5 Å². The predicted molar refractivity (Wildman–Crippen MR) is 68.7 cm³/mol. The summed E-state index contributed by atoms with van der Waals surface area (Å²) in [5, 5.41) is 9.03. The second kappa shape index (κ2) is 5.59. The number of carbonyl (C=O) groups excluding carboxylic acids is 1. The lowest BCUT2D eigenvalue weighted by Gasteiger charge is -2.40. The number of hydroxylamine groups is 1. The molecule has 102 valence electrons. The molecule has 0 unspecified atom stereocenters. The van der Waals surface area contributed by atoms with Crippen molar-refractivity contribution in [2.24, 2.45) is 0 Å². The Bertz CT molecular complexity index is 499. The van der Waals surface area contributed by atoms with Gasteiger partial charge in [0.15, 0.2) is 6.61 Å². The van der Waals surface area contributed by atoms with E-state index in [0.717, 1.165) is 12.0 Å². The lowest BCUT2D eigenvalue weighted by Crippen LogP contribution is -2.49. The van der Waals surface area contributed by atoms with Gasteiger partial charge >= 0.3 is 5.97 Å². The maximum absolute atomic E-state index is 12.2. The van der Waals surface area contributed by atoms with E-state index < -0.39 is 18.0 Å². The molecular formula is C13H14ClNO4. The normalized spacial score (nSPS) is 16.5. The Morgan fingerprint density at radius 1 is 1.42 bits per heavy atom. The van der Waals surface area contributed by atoms with Gasteiger partial charge in [-0.1, -0.05) is 30.2 Å². The number of hydrogen-bond acceptors (Lipinski definition) is 3. The molecule has 1 amide bonds. The molecular weight excluding hydrogens is 270 g/mol. The van der Waals surface area contributed by atoms with Crippen molar-refractivity contribution in [2.45, 2.75) is 24.7 Å². The molecule has 1 aliphatic rings. The number of benzene rings is 1. The molecule has 0 heterocycles. The van der Waals surface area contributed by atoms with Crippen molar-refractivity contribution in [3.63, 3.8) is 0 Å². The first kappa shape index (κ1) is 13.8. The molecule has 1 aromatic rings. The minimum atomic E-state index is -1.13. The number of rotatable bonds is 5. The van der Waals surface area contributed by atoms with Gasteiger partial charge in [-0.2, -0.15) is 0 Å². The number of carboxylic acid groups (broad SMARTS) is 1. The Hall–Kier alpha value is -1.59. The minimum Gasteiger partial charge on any atom is -0.479 e. The molecule has 19 heavy (non-hydrogen) atoms. The standard InChI is InChI=1S/C13H14ClNO4/c14-10-4-1-3-9(7-10)13(5-2-6-13)12(18)15-19-8-11(16)17/h1,3-4,7H,2,5-6,8H2,(H,15,18)(H,16,17). The highest BCUT2D eigenvalue weighted by molar-refractivity contribution is 6.30. The quantitative estimate of drug-likeness (QED) is 0.809. The van der Waals surface area contributed by atoms with Crippen molar-refractivity contribution in [1.29, 1.82) is 0 Å². The van der Waals surface area contributed by atoms with Gasteiger partial charge in [0.25, 0.3) is 5.91 Å². The molecule has 1 fully saturated rings. The second-order valence-corrected chi connectivity index (χ2v) is 5.00. The van der Waals surface area contributed by atoms with Crippen LogP contribution in [0.15, 0.2) is 24.3 Å². The Morgan fingerprint density at radius 3 is 2.68 bits per heavy atom. The summed E-state index contributed by atoms with van der Waals surface area (Å²) >= 11 is 5.94. The first-order valence-corrected chi connectivity index (χ1v) is 6.32. The molecule has 0 radical (unpaired) electrons. The third-order valence-electron chi connectivity index (χ3n) is 3.38. The summed E-state index contributed by atoms with van der Waals surface area (Å²) in [5.74, 6) is -1.45. The maximum atomic E-state index is 12.2. The van der Waals surface area contributed by atoms with Crippen LogP contribution in [0.3, 0.4) is 0 Å². The van der Waals surface area contributed by atoms with E-state index in [1.54, 1.807) is 18.2 Å². The molecule has 1 aromatic carbocycles. The van der Waals surface area contributed by atoms with E-state index in [2.05, 4.69) is 10.3 Å². The lowest BCUT2D eigenvalue weighted by molar-refractivity contribution is -0.153. The highest BCUT2D eigenvalue weighted by Crippen LogP contribution is 2.44. The average molecular weight is 284 g/mol. The molecule has 0 aliphatic heterocycles. The zero-order valence-electron chi connectivity index (χ0n) is 10.2. The van der Waals surface area contributed by atoms with Crippen LogP contribution in [-0.4, -0.2) is 23.6 Å². The fourth-order valence-corrected chi connectivity index (χ4v) is 2.41. The Labute approximate surface area is 115 Å². The van der Waals surface area contributed by atoms with Crippen LogP contribution in [-0.2, 0) is 19.8 Å². The number of carboxylic acids is 1.